The Morgan fingerprint density at radius 1 is 0.973 bits per heavy atom. The molecule has 0 saturated carbocycles. The zero-order chi connectivity index (χ0) is 25.8. The first-order valence-corrected chi connectivity index (χ1v) is 12.6. The number of benzene rings is 4. The summed E-state index contributed by atoms with van der Waals surface area (Å²) in [5, 5.41) is 16.6. The molecular formula is C30H25BrN2O4. The second-order valence-electron chi connectivity index (χ2n) is 8.65. The summed E-state index contributed by atoms with van der Waals surface area (Å²) in [6.45, 7) is 0.473. The number of hydrazone groups is 1. The van der Waals surface area contributed by atoms with E-state index in [0.29, 0.717) is 17.5 Å². The minimum Gasteiger partial charge on any atom is -0.507 e. The Morgan fingerprint density at radius 2 is 1.68 bits per heavy atom. The van der Waals surface area contributed by atoms with Crippen LogP contribution in [0.1, 0.15) is 39.5 Å². The molecule has 1 aliphatic rings. The Hall–Kier alpha value is -4.10. The number of phenols is 1. The first-order valence-electron chi connectivity index (χ1n) is 11.8. The Kier molecular flexibility index (Phi) is 7.23. The maximum atomic E-state index is 13.6. The van der Waals surface area contributed by atoms with Gasteiger partial charge in [-0.1, -0.05) is 58.4 Å². The lowest BCUT2D eigenvalue weighted by molar-refractivity contribution is 0.0708. The molecule has 1 atom stereocenters. The van der Waals surface area contributed by atoms with Crippen molar-refractivity contribution in [1.82, 2.24) is 5.01 Å². The fraction of sp³-hybridized carbons (Fsp3) is 0.133. The van der Waals surface area contributed by atoms with E-state index in [0.717, 1.165) is 33.9 Å². The molecular weight excluding hydrogens is 532 g/mol. The SMILES string of the molecule is COc1ccc(C2=NN(C(=O)c3cc(Br)ccc3O)C(c3ccc(OCc4ccccc4)cc3)C2)cc1. The maximum absolute atomic E-state index is 13.6. The summed E-state index contributed by atoms with van der Waals surface area (Å²) >= 11 is 3.39. The number of methoxy groups -OCH3 is 1. The largest absolute Gasteiger partial charge is 0.507 e. The highest BCUT2D eigenvalue weighted by molar-refractivity contribution is 9.10. The van der Waals surface area contributed by atoms with Gasteiger partial charge in [-0.2, -0.15) is 5.10 Å². The van der Waals surface area contributed by atoms with Crippen LogP contribution >= 0.6 is 15.9 Å². The van der Waals surface area contributed by atoms with E-state index in [9.17, 15) is 9.90 Å². The first kappa shape index (κ1) is 24.6. The third kappa shape index (κ3) is 5.52. The number of aromatic hydroxyl groups is 1. The summed E-state index contributed by atoms with van der Waals surface area (Å²) in [7, 11) is 1.62. The van der Waals surface area contributed by atoms with Gasteiger partial charge in [-0.15, -0.1) is 0 Å². The van der Waals surface area contributed by atoms with Gasteiger partial charge < -0.3 is 14.6 Å². The zero-order valence-corrected chi connectivity index (χ0v) is 21.8. The number of phenolic OH excluding ortho intramolecular Hbond substituents is 1. The van der Waals surface area contributed by atoms with Crippen LogP contribution in [0.5, 0.6) is 17.2 Å². The Labute approximate surface area is 223 Å². The van der Waals surface area contributed by atoms with Gasteiger partial charge in [0.25, 0.3) is 5.91 Å². The topological polar surface area (TPSA) is 71.4 Å². The van der Waals surface area contributed by atoms with Crippen molar-refractivity contribution in [3.63, 3.8) is 0 Å². The molecule has 1 unspecified atom stereocenters. The minimum absolute atomic E-state index is 0.0929. The van der Waals surface area contributed by atoms with E-state index in [4.69, 9.17) is 14.6 Å². The molecule has 0 radical (unpaired) electrons. The zero-order valence-electron chi connectivity index (χ0n) is 20.2. The fourth-order valence-electron chi connectivity index (χ4n) is 4.25. The molecule has 1 amide bonds. The number of hydrogen-bond acceptors (Lipinski definition) is 5. The minimum atomic E-state index is -0.378. The maximum Gasteiger partial charge on any atom is 0.278 e. The van der Waals surface area contributed by atoms with Gasteiger partial charge in [0, 0.05) is 10.9 Å². The smallest absolute Gasteiger partial charge is 0.278 e. The van der Waals surface area contributed by atoms with E-state index in [1.807, 2.05) is 78.9 Å². The van der Waals surface area contributed by atoms with Gasteiger partial charge in [0.1, 0.15) is 23.9 Å². The number of hydrogen-bond donors (Lipinski definition) is 1. The van der Waals surface area contributed by atoms with Crippen LogP contribution in [0.2, 0.25) is 0 Å². The summed E-state index contributed by atoms with van der Waals surface area (Å²) < 4.78 is 11.9. The van der Waals surface area contributed by atoms with Gasteiger partial charge in [-0.05, 0) is 71.3 Å². The van der Waals surface area contributed by atoms with Gasteiger partial charge in [0.2, 0.25) is 0 Å². The summed E-state index contributed by atoms with van der Waals surface area (Å²) in [6.07, 6.45) is 0.525. The molecule has 37 heavy (non-hydrogen) atoms. The predicted molar refractivity (Wildman–Crippen MR) is 146 cm³/mol. The van der Waals surface area contributed by atoms with Gasteiger partial charge in [0.15, 0.2) is 0 Å². The molecule has 5 rings (SSSR count). The molecule has 0 aromatic heterocycles. The highest BCUT2D eigenvalue weighted by atomic mass is 79.9. The standard InChI is InChI=1S/C30H25BrN2O4/c1-36-24-12-7-21(8-13-24)27-18-28(33(32-27)30(35)26-17-23(31)11-16-29(26)34)22-9-14-25(15-10-22)37-19-20-5-3-2-4-6-20/h2-17,28,34H,18-19H2,1H3. The highest BCUT2D eigenvalue weighted by Crippen LogP contribution is 2.36. The van der Waals surface area contributed by atoms with E-state index in [2.05, 4.69) is 15.9 Å². The van der Waals surface area contributed by atoms with Crippen molar-refractivity contribution in [2.24, 2.45) is 5.10 Å². The van der Waals surface area contributed by atoms with Crippen LogP contribution < -0.4 is 9.47 Å². The molecule has 0 saturated heterocycles. The van der Waals surface area contributed by atoms with Gasteiger partial charge in [0.05, 0.1) is 24.4 Å². The number of nitrogens with zero attached hydrogens (tertiary/aromatic N) is 2. The molecule has 6 nitrogen and oxygen atoms in total. The number of ether oxygens (including phenoxy) is 2. The number of carbonyl (C=O) groups is 1. The molecule has 1 aliphatic heterocycles. The van der Waals surface area contributed by atoms with E-state index in [1.54, 1.807) is 19.2 Å². The molecule has 186 valence electrons. The Bertz CT molecular complexity index is 1420. The lowest BCUT2D eigenvalue weighted by atomic mass is 9.98. The van der Waals surface area contributed by atoms with E-state index >= 15 is 0 Å². The molecule has 4 aromatic carbocycles. The van der Waals surface area contributed by atoms with Crippen LogP contribution in [0, 0.1) is 0 Å². The molecule has 1 heterocycles. The fourth-order valence-corrected chi connectivity index (χ4v) is 4.61. The quantitative estimate of drug-likeness (QED) is 0.274. The third-order valence-corrected chi connectivity index (χ3v) is 6.74. The van der Waals surface area contributed by atoms with Crippen molar-refractivity contribution in [3.8, 4) is 17.2 Å². The van der Waals surface area contributed by atoms with Crippen LogP contribution in [0.3, 0.4) is 0 Å². The second-order valence-corrected chi connectivity index (χ2v) is 9.57. The first-order chi connectivity index (χ1) is 18.0. The van der Waals surface area contributed by atoms with Crippen LogP contribution in [-0.2, 0) is 6.61 Å². The molecule has 1 N–H and O–H groups in total. The lowest BCUT2D eigenvalue weighted by Gasteiger charge is -2.23. The molecule has 4 aromatic rings. The van der Waals surface area contributed by atoms with Crippen molar-refractivity contribution in [2.75, 3.05) is 7.11 Å². The van der Waals surface area contributed by atoms with Crippen molar-refractivity contribution >= 4 is 27.5 Å². The van der Waals surface area contributed by atoms with Crippen molar-refractivity contribution in [3.05, 3.63) is 124 Å². The monoisotopic (exact) mass is 556 g/mol. The molecule has 0 aliphatic carbocycles. The number of amides is 1. The van der Waals surface area contributed by atoms with Crippen molar-refractivity contribution < 1.29 is 19.4 Å². The molecule has 0 bridgehead atoms. The van der Waals surface area contributed by atoms with E-state index < -0.39 is 0 Å². The summed E-state index contributed by atoms with van der Waals surface area (Å²) in [5.41, 5.74) is 3.87. The summed E-state index contributed by atoms with van der Waals surface area (Å²) in [6, 6.07) is 29.8. The average molecular weight is 557 g/mol. The summed E-state index contributed by atoms with van der Waals surface area (Å²) in [5.74, 6) is 1.02. The summed E-state index contributed by atoms with van der Waals surface area (Å²) in [4.78, 5) is 13.6. The normalized spacial score (nSPS) is 14.8. The average Bonchev–Trinajstić information content (AvgIpc) is 3.39. The lowest BCUT2D eigenvalue weighted by Crippen LogP contribution is -2.27. The van der Waals surface area contributed by atoms with E-state index in [-0.39, 0.29) is 23.3 Å². The van der Waals surface area contributed by atoms with Crippen LogP contribution in [0.25, 0.3) is 0 Å². The Balaban J connectivity index is 1.42. The van der Waals surface area contributed by atoms with Crippen LogP contribution in [0.15, 0.2) is 107 Å². The van der Waals surface area contributed by atoms with E-state index in [1.165, 1.54) is 11.1 Å². The van der Waals surface area contributed by atoms with Gasteiger partial charge in [-0.3, -0.25) is 4.79 Å². The highest BCUT2D eigenvalue weighted by Gasteiger charge is 2.34. The number of rotatable bonds is 7. The van der Waals surface area contributed by atoms with Gasteiger partial charge in [-0.25, -0.2) is 5.01 Å². The number of halogens is 1. The number of carbonyl (C=O) groups excluding carboxylic acids is 1. The van der Waals surface area contributed by atoms with Crippen molar-refractivity contribution in [1.29, 1.82) is 0 Å². The Morgan fingerprint density at radius 3 is 2.38 bits per heavy atom. The second kappa shape index (κ2) is 10.9. The van der Waals surface area contributed by atoms with Crippen LogP contribution in [-0.4, -0.2) is 28.8 Å². The van der Waals surface area contributed by atoms with Gasteiger partial charge >= 0.3 is 0 Å². The molecule has 0 spiro atoms. The third-order valence-electron chi connectivity index (χ3n) is 6.24. The van der Waals surface area contributed by atoms with Crippen molar-refractivity contribution in [2.45, 2.75) is 19.1 Å². The molecule has 0 fully saturated rings. The van der Waals surface area contributed by atoms with Crippen LogP contribution in [0.4, 0.5) is 0 Å². The predicted octanol–water partition coefficient (Wildman–Crippen LogP) is 6.73. The molecule has 7 heteroatoms.